The van der Waals surface area contributed by atoms with Gasteiger partial charge in [-0.2, -0.15) is 4.98 Å². The minimum atomic E-state index is -0.582. The van der Waals surface area contributed by atoms with Crippen LogP contribution < -0.4 is 10.1 Å². The Hall–Kier alpha value is -2.71. The summed E-state index contributed by atoms with van der Waals surface area (Å²) in [4.78, 5) is 18.3. The number of aromatic nitrogens is 3. The summed E-state index contributed by atoms with van der Waals surface area (Å²) in [6, 6.07) is -0.269. The van der Waals surface area contributed by atoms with Gasteiger partial charge in [-0.25, -0.2) is 4.98 Å². The Balaban J connectivity index is 2.38. The van der Waals surface area contributed by atoms with Crippen molar-refractivity contribution in [1.82, 2.24) is 15.1 Å². The van der Waals surface area contributed by atoms with Crippen molar-refractivity contribution in [1.29, 1.82) is 0 Å². The van der Waals surface area contributed by atoms with Gasteiger partial charge in [0.25, 0.3) is 5.88 Å². The fourth-order valence-electron chi connectivity index (χ4n) is 2.17. The van der Waals surface area contributed by atoms with E-state index in [2.05, 4.69) is 20.4 Å². The second-order valence-corrected chi connectivity index (χ2v) is 4.44. The molecule has 0 amide bonds. The van der Waals surface area contributed by atoms with Gasteiger partial charge in [0.15, 0.2) is 0 Å². The average Bonchev–Trinajstić information content (AvgIpc) is 2.77. The SMILES string of the molecule is COc1ncnc(NC(C)c2c(C)noc2C)c1[N+](=O)[O-]. The number of aryl methyl sites for hydroxylation is 2. The van der Waals surface area contributed by atoms with Gasteiger partial charge in [0.1, 0.15) is 12.1 Å². The fraction of sp³-hybridized carbons (Fsp3) is 0.417. The molecule has 112 valence electrons. The molecule has 0 fully saturated rings. The third-order valence-electron chi connectivity index (χ3n) is 3.04. The van der Waals surface area contributed by atoms with E-state index in [1.807, 2.05) is 6.92 Å². The third-order valence-corrected chi connectivity index (χ3v) is 3.04. The largest absolute Gasteiger partial charge is 0.476 e. The lowest BCUT2D eigenvalue weighted by atomic mass is 10.1. The van der Waals surface area contributed by atoms with Crippen molar-refractivity contribution < 1.29 is 14.2 Å². The zero-order valence-electron chi connectivity index (χ0n) is 12.1. The molecule has 9 heteroatoms. The van der Waals surface area contributed by atoms with E-state index >= 15 is 0 Å². The van der Waals surface area contributed by atoms with Gasteiger partial charge in [-0.05, 0) is 20.8 Å². The van der Waals surface area contributed by atoms with Crippen LogP contribution in [0.1, 0.15) is 30.0 Å². The van der Waals surface area contributed by atoms with Crippen molar-refractivity contribution in [3.63, 3.8) is 0 Å². The molecular weight excluding hydrogens is 278 g/mol. The first kappa shape index (κ1) is 14.7. The Labute approximate surface area is 120 Å². The van der Waals surface area contributed by atoms with Crippen molar-refractivity contribution in [3.05, 3.63) is 33.5 Å². The zero-order valence-corrected chi connectivity index (χ0v) is 12.1. The number of rotatable bonds is 5. The number of nitrogens with zero attached hydrogens (tertiary/aromatic N) is 4. The van der Waals surface area contributed by atoms with E-state index in [-0.39, 0.29) is 23.4 Å². The maximum Gasteiger partial charge on any atom is 0.372 e. The highest BCUT2D eigenvalue weighted by molar-refractivity contribution is 5.62. The van der Waals surface area contributed by atoms with Crippen molar-refractivity contribution in [2.75, 3.05) is 12.4 Å². The molecule has 2 aromatic rings. The molecule has 21 heavy (non-hydrogen) atoms. The van der Waals surface area contributed by atoms with Gasteiger partial charge < -0.3 is 14.6 Å². The van der Waals surface area contributed by atoms with Crippen LogP contribution >= 0.6 is 0 Å². The molecule has 0 saturated heterocycles. The zero-order chi connectivity index (χ0) is 15.6. The van der Waals surface area contributed by atoms with Crippen LogP contribution in [0.3, 0.4) is 0 Å². The maximum atomic E-state index is 11.2. The summed E-state index contributed by atoms with van der Waals surface area (Å²) in [5, 5.41) is 18.0. The van der Waals surface area contributed by atoms with E-state index in [0.29, 0.717) is 5.76 Å². The van der Waals surface area contributed by atoms with E-state index in [0.717, 1.165) is 11.3 Å². The number of methoxy groups -OCH3 is 1. The van der Waals surface area contributed by atoms with Gasteiger partial charge in [-0.15, -0.1) is 0 Å². The molecule has 0 bridgehead atoms. The lowest BCUT2D eigenvalue weighted by Crippen LogP contribution is -2.12. The van der Waals surface area contributed by atoms with Crippen LogP contribution in [-0.4, -0.2) is 27.2 Å². The lowest BCUT2D eigenvalue weighted by Gasteiger charge is -2.14. The van der Waals surface area contributed by atoms with Gasteiger partial charge >= 0.3 is 5.69 Å². The first-order chi connectivity index (χ1) is 9.95. The Bertz CT molecular complexity index is 650. The second-order valence-electron chi connectivity index (χ2n) is 4.44. The van der Waals surface area contributed by atoms with Crippen LogP contribution in [0, 0.1) is 24.0 Å². The quantitative estimate of drug-likeness (QED) is 0.658. The molecule has 0 aliphatic heterocycles. The summed E-state index contributed by atoms with van der Waals surface area (Å²) >= 11 is 0. The molecule has 1 N–H and O–H groups in total. The van der Waals surface area contributed by atoms with Crippen molar-refractivity contribution in [2.24, 2.45) is 0 Å². The molecule has 1 unspecified atom stereocenters. The van der Waals surface area contributed by atoms with Crippen LogP contribution in [0.4, 0.5) is 11.5 Å². The number of hydrogen-bond acceptors (Lipinski definition) is 8. The molecule has 1 atom stereocenters. The highest BCUT2D eigenvalue weighted by atomic mass is 16.6. The number of hydrogen-bond donors (Lipinski definition) is 1. The molecule has 2 heterocycles. The summed E-state index contributed by atoms with van der Waals surface area (Å²) < 4.78 is 10.00. The Kier molecular flexibility index (Phi) is 4.01. The van der Waals surface area contributed by atoms with Gasteiger partial charge in [-0.1, -0.05) is 5.16 Å². The van der Waals surface area contributed by atoms with E-state index in [1.165, 1.54) is 13.4 Å². The highest BCUT2D eigenvalue weighted by Gasteiger charge is 2.26. The molecule has 0 aromatic carbocycles. The van der Waals surface area contributed by atoms with Crippen molar-refractivity contribution in [2.45, 2.75) is 26.8 Å². The summed E-state index contributed by atoms with van der Waals surface area (Å²) in [5.74, 6) is 0.638. The summed E-state index contributed by atoms with van der Waals surface area (Å²) in [6.45, 7) is 5.42. The fourth-order valence-corrected chi connectivity index (χ4v) is 2.17. The smallest absolute Gasteiger partial charge is 0.372 e. The molecule has 0 spiro atoms. The number of anilines is 1. The van der Waals surface area contributed by atoms with Crippen molar-refractivity contribution in [3.8, 4) is 5.88 Å². The first-order valence-corrected chi connectivity index (χ1v) is 6.18. The van der Waals surface area contributed by atoms with Crippen LogP contribution in [0.15, 0.2) is 10.9 Å². The summed E-state index contributed by atoms with van der Waals surface area (Å²) in [7, 11) is 1.32. The number of nitro groups is 1. The summed E-state index contributed by atoms with van der Waals surface area (Å²) in [6.07, 6.45) is 1.20. The van der Waals surface area contributed by atoms with E-state index < -0.39 is 4.92 Å². The maximum absolute atomic E-state index is 11.2. The van der Waals surface area contributed by atoms with Crippen LogP contribution in [-0.2, 0) is 0 Å². The minimum absolute atomic E-state index is 0.0827. The molecule has 0 radical (unpaired) electrons. The van der Waals surface area contributed by atoms with E-state index in [9.17, 15) is 10.1 Å². The number of ether oxygens (including phenoxy) is 1. The molecule has 9 nitrogen and oxygen atoms in total. The minimum Gasteiger partial charge on any atom is -0.476 e. The lowest BCUT2D eigenvalue weighted by molar-refractivity contribution is -0.385. The third kappa shape index (κ3) is 2.76. The topological polar surface area (TPSA) is 116 Å². The van der Waals surface area contributed by atoms with Gasteiger partial charge in [0.2, 0.25) is 5.82 Å². The molecule has 2 aromatic heterocycles. The van der Waals surface area contributed by atoms with Crippen molar-refractivity contribution >= 4 is 11.5 Å². The summed E-state index contributed by atoms with van der Waals surface area (Å²) in [5.41, 5.74) is 1.25. The molecule has 0 aliphatic carbocycles. The van der Waals surface area contributed by atoms with Gasteiger partial charge in [-0.3, -0.25) is 10.1 Å². The standard InChI is InChI=1S/C12H15N5O4/c1-6(9-7(2)16-21-8(9)3)15-11-10(17(18)19)12(20-4)14-5-13-11/h5-6H,1-4H3,(H,13,14,15). The van der Waals surface area contributed by atoms with Gasteiger partial charge in [0, 0.05) is 5.56 Å². The van der Waals surface area contributed by atoms with Crippen LogP contribution in [0.5, 0.6) is 5.88 Å². The van der Waals surface area contributed by atoms with Crippen LogP contribution in [0.25, 0.3) is 0 Å². The van der Waals surface area contributed by atoms with Gasteiger partial charge in [0.05, 0.1) is 23.8 Å². The predicted molar refractivity (Wildman–Crippen MR) is 73.3 cm³/mol. The molecule has 0 saturated carbocycles. The molecule has 2 rings (SSSR count). The Morgan fingerprint density at radius 3 is 2.67 bits per heavy atom. The van der Waals surface area contributed by atoms with Crippen LogP contribution in [0.2, 0.25) is 0 Å². The second kappa shape index (κ2) is 5.73. The highest BCUT2D eigenvalue weighted by Crippen LogP contribution is 2.33. The monoisotopic (exact) mass is 293 g/mol. The molecule has 0 aliphatic rings. The predicted octanol–water partition coefficient (Wildman–Crippen LogP) is 2.17. The van der Waals surface area contributed by atoms with E-state index in [4.69, 9.17) is 9.26 Å². The molecular formula is C12H15N5O4. The normalized spacial score (nSPS) is 12.0. The first-order valence-electron chi connectivity index (χ1n) is 6.18. The average molecular weight is 293 g/mol. The van der Waals surface area contributed by atoms with E-state index in [1.54, 1.807) is 13.8 Å². The number of nitrogens with one attached hydrogen (secondary N) is 1. The Morgan fingerprint density at radius 2 is 2.14 bits per heavy atom. The Morgan fingerprint density at radius 1 is 1.43 bits per heavy atom.